The van der Waals surface area contributed by atoms with Gasteiger partial charge in [-0.3, -0.25) is 9.48 Å². The molecule has 8 heteroatoms. The van der Waals surface area contributed by atoms with Crippen LogP contribution in [-0.2, 0) is 17.7 Å². The van der Waals surface area contributed by atoms with Crippen LogP contribution in [0.15, 0.2) is 10.6 Å². The molecule has 4 heterocycles. The van der Waals surface area contributed by atoms with Crippen molar-refractivity contribution in [1.82, 2.24) is 24.8 Å². The van der Waals surface area contributed by atoms with Gasteiger partial charge in [-0.2, -0.15) is 10.1 Å². The van der Waals surface area contributed by atoms with Gasteiger partial charge in [0.15, 0.2) is 17.6 Å². The Morgan fingerprint density at radius 2 is 2.20 bits per heavy atom. The molecule has 2 fully saturated rings. The molecule has 1 amide bonds. The Morgan fingerprint density at radius 1 is 1.32 bits per heavy atom. The van der Waals surface area contributed by atoms with Crippen molar-refractivity contribution in [2.24, 2.45) is 0 Å². The molecule has 1 saturated carbocycles. The molecule has 2 aromatic rings. The average molecular weight is 343 g/mol. The summed E-state index contributed by atoms with van der Waals surface area (Å²) in [6.45, 7) is 3.81. The van der Waals surface area contributed by atoms with Crippen LogP contribution in [0.2, 0.25) is 0 Å². The first-order valence-electron chi connectivity index (χ1n) is 9.02. The number of morpholine rings is 1. The summed E-state index contributed by atoms with van der Waals surface area (Å²) in [4.78, 5) is 19.1. The number of aromatic nitrogens is 4. The van der Waals surface area contributed by atoms with E-state index in [9.17, 15) is 4.79 Å². The second-order valence-corrected chi connectivity index (χ2v) is 7.26. The molecule has 0 bridgehead atoms. The summed E-state index contributed by atoms with van der Waals surface area (Å²) in [5.74, 6) is 1.62. The number of ether oxygens (including phenoxy) is 1. The number of hydrogen-bond acceptors (Lipinski definition) is 6. The molecule has 0 unspecified atom stereocenters. The van der Waals surface area contributed by atoms with Gasteiger partial charge in [-0.25, -0.2) is 0 Å². The molecule has 0 spiro atoms. The lowest BCUT2D eigenvalue weighted by Crippen LogP contribution is -2.46. The molecule has 132 valence electrons. The Bertz CT molecular complexity index is 788. The minimum atomic E-state index is -0.373. The first-order chi connectivity index (χ1) is 12.2. The summed E-state index contributed by atoms with van der Waals surface area (Å²) in [6.07, 6.45) is 3.88. The third kappa shape index (κ3) is 2.74. The topological polar surface area (TPSA) is 86.3 Å². The summed E-state index contributed by atoms with van der Waals surface area (Å²) >= 11 is 0. The van der Waals surface area contributed by atoms with Gasteiger partial charge in [0.1, 0.15) is 0 Å². The van der Waals surface area contributed by atoms with Crippen molar-refractivity contribution >= 4 is 5.91 Å². The van der Waals surface area contributed by atoms with Gasteiger partial charge in [-0.1, -0.05) is 5.16 Å². The standard InChI is InChI=1S/C17H21N5O3/c1-10-8-21(17(23)13-7-12-3-2-6-22(12)19-13)9-14(24-10)16-18-15(20-25-16)11-4-5-11/h7,10-11,14H,2-6,8-9H2,1H3/t10-,14-/m1/s1. The Kier molecular flexibility index (Phi) is 3.41. The number of nitrogens with zero attached hydrogens (tertiary/aromatic N) is 5. The van der Waals surface area contributed by atoms with Crippen LogP contribution in [-0.4, -0.2) is 49.9 Å². The van der Waals surface area contributed by atoms with Crippen LogP contribution < -0.4 is 0 Å². The minimum absolute atomic E-state index is 0.0519. The molecule has 0 aromatic carbocycles. The number of hydrogen-bond donors (Lipinski definition) is 0. The van der Waals surface area contributed by atoms with Crippen LogP contribution in [0.3, 0.4) is 0 Å². The molecule has 2 aromatic heterocycles. The summed E-state index contributed by atoms with van der Waals surface area (Å²) in [5.41, 5.74) is 1.67. The van der Waals surface area contributed by atoms with Gasteiger partial charge in [-0.15, -0.1) is 0 Å². The zero-order chi connectivity index (χ0) is 17.0. The predicted octanol–water partition coefficient (Wildman–Crippen LogP) is 1.69. The minimum Gasteiger partial charge on any atom is -0.362 e. The van der Waals surface area contributed by atoms with Gasteiger partial charge in [0, 0.05) is 24.7 Å². The highest BCUT2D eigenvalue weighted by atomic mass is 16.5. The largest absolute Gasteiger partial charge is 0.362 e. The van der Waals surface area contributed by atoms with Crippen molar-refractivity contribution in [2.75, 3.05) is 13.1 Å². The maximum atomic E-state index is 12.9. The van der Waals surface area contributed by atoms with Crippen molar-refractivity contribution < 1.29 is 14.1 Å². The second-order valence-electron chi connectivity index (χ2n) is 7.26. The van der Waals surface area contributed by atoms with Gasteiger partial charge in [0.2, 0.25) is 0 Å². The Labute approximate surface area is 145 Å². The van der Waals surface area contributed by atoms with Gasteiger partial charge in [0.05, 0.1) is 12.6 Å². The van der Waals surface area contributed by atoms with Crippen molar-refractivity contribution in [2.45, 2.75) is 57.3 Å². The van der Waals surface area contributed by atoms with Crippen LogP contribution in [0.1, 0.15) is 66.1 Å². The van der Waals surface area contributed by atoms with Gasteiger partial charge < -0.3 is 14.2 Å². The van der Waals surface area contributed by atoms with E-state index in [0.29, 0.717) is 30.6 Å². The Hall–Kier alpha value is -2.22. The predicted molar refractivity (Wildman–Crippen MR) is 86.0 cm³/mol. The Morgan fingerprint density at radius 3 is 3.00 bits per heavy atom. The third-order valence-corrected chi connectivity index (χ3v) is 5.11. The highest BCUT2D eigenvalue weighted by Gasteiger charge is 2.36. The summed E-state index contributed by atoms with van der Waals surface area (Å²) in [6, 6.07) is 1.92. The highest BCUT2D eigenvalue weighted by Crippen LogP contribution is 2.39. The maximum absolute atomic E-state index is 12.9. The fourth-order valence-corrected chi connectivity index (χ4v) is 3.67. The highest BCUT2D eigenvalue weighted by molar-refractivity contribution is 5.92. The average Bonchev–Trinajstić information content (AvgIpc) is 3.01. The normalized spacial score (nSPS) is 26.0. The summed E-state index contributed by atoms with van der Waals surface area (Å²) in [7, 11) is 0. The van der Waals surface area contributed by atoms with Gasteiger partial charge >= 0.3 is 0 Å². The molecule has 0 N–H and O–H groups in total. The van der Waals surface area contributed by atoms with Crippen LogP contribution in [0.5, 0.6) is 0 Å². The summed E-state index contributed by atoms with van der Waals surface area (Å²) < 4.78 is 13.3. The van der Waals surface area contributed by atoms with Crippen LogP contribution in [0, 0.1) is 0 Å². The third-order valence-electron chi connectivity index (χ3n) is 5.11. The molecule has 25 heavy (non-hydrogen) atoms. The Balaban J connectivity index is 1.34. The number of amides is 1. The molecule has 0 radical (unpaired) electrons. The van der Waals surface area contributed by atoms with E-state index in [2.05, 4.69) is 15.2 Å². The molecule has 2 atom stereocenters. The van der Waals surface area contributed by atoms with E-state index in [1.54, 1.807) is 4.90 Å². The fraction of sp³-hybridized carbons (Fsp3) is 0.647. The van der Waals surface area contributed by atoms with E-state index in [4.69, 9.17) is 9.26 Å². The molecule has 3 aliphatic rings. The molecule has 8 nitrogen and oxygen atoms in total. The van der Waals surface area contributed by atoms with Crippen LogP contribution >= 0.6 is 0 Å². The van der Waals surface area contributed by atoms with Crippen LogP contribution in [0.25, 0.3) is 0 Å². The van der Waals surface area contributed by atoms with Gasteiger partial charge in [-0.05, 0) is 38.7 Å². The number of carbonyl (C=O) groups is 1. The van der Waals surface area contributed by atoms with Crippen molar-refractivity contribution in [3.8, 4) is 0 Å². The van der Waals surface area contributed by atoms with Crippen molar-refractivity contribution in [3.63, 3.8) is 0 Å². The first-order valence-corrected chi connectivity index (χ1v) is 9.02. The van der Waals surface area contributed by atoms with E-state index in [0.717, 1.165) is 43.7 Å². The lowest BCUT2D eigenvalue weighted by molar-refractivity contribution is -0.0811. The first kappa shape index (κ1) is 15.1. The lowest BCUT2D eigenvalue weighted by atomic mass is 10.2. The molecular formula is C17H21N5O3. The number of rotatable bonds is 3. The lowest BCUT2D eigenvalue weighted by Gasteiger charge is -2.34. The summed E-state index contributed by atoms with van der Waals surface area (Å²) in [5, 5.41) is 8.51. The van der Waals surface area contributed by atoms with E-state index < -0.39 is 0 Å². The molecule has 2 aliphatic heterocycles. The molecule has 1 aliphatic carbocycles. The zero-order valence-corrected chi connectivity index (χ0v) is 14.2. The molecule has 5 rings (SSSR count). The van der Waals surface area contributed by atoms with Crippen LogP contribution in [0.4, 0.5) is 0 Å². The fourth-order valence-electron chi connectivity index (χ4n) is 3.67. The smallest absolute Gasteiger partial charge is 0.274 e. The maximum Gasteiger partial charge on any atom is 0.274 e. The number of fused-ring (bicyclic) bond motifs is 1. The van der Waals surface area contributed by atoms with E-state index in [1.807, 2.05) is 17.7 Å². The SMILES string of the molecule is C[C@@H]1CN(C(=O)c2cc3n(n2)CCC3)C[C@H](c2nc(C3CC3)no2)O1. The monoisotopic (exact) mass is 343 g/mol. The second kappa shape index (κ2) is 5.66. The van der Waals surface area contributed by atoms with Gasteiger partial charge in [0.25, 0.3) is 11.8 Å². The number of carbonyl (C=O) groups excluding carboxylic acids is 1. The molecule has 1 saturated heterocycles. The molecular weight excluding hydrogens is 322 g/mol. The van der Waals surface area contributed by atoms with Crippen molar-refractivity contribution in [1.29, 1.82) is 0 Å². The number of aryl methyl sites for hydroxylation is 2. The zero-order valence-electron chi connectivity index (χ0n) is 14.2. The van der Waals surface area contributed by atoms with Crippen molar-refractivity contribution in [3.05, 3.63) is 29.2 Å². The van der Waals surface area contributed by atoms with E-state index >= 15 is 0 Å². The van der Waals surface area contributed by atoms with E-state index in [-0.39, 0.29) is 18.1 Å². The van der Waals surface area contributed by atoms with E-state index in [1.165, 1.54) is 0 Å². The quantitative estimate of drug-likeness (QED) is 0.843.